The van der Waals surface area contributed by atoms with E-state index in [-0.39, 0.29) is 5.91 Å². The smallest absolute Gasteiger partial charge is 0.271 e. The minimum atomic E-state index is -0.256. The lowest BCUT2D eigenvalue weighted by molar-refractivity contribution is 0.0955. The van der Waals surface area contributed by atoms with Gasteiger partial charge in [-0.3, -0.25) is 4.79 Å². The molecule has 3 aromatic rings. The van der Waals surface area contributed by atoms with Crippen molar-refractivity contribution in [3.63, 3.8) is 0 Å². The maximum atomic E-state index is 12.5. The van der Waals surface area contributed by atoms with Crippen molar-refractivity contribution >= 4 is 33.7 Å². The Morgan fingerprint density at radius 2 is 1.88 bits per heavy atom. The third-order valence-electron chi connectivity index (χ3n) is 5.70. The van der Waals surface area contributed by atoms with E-state index in [2.05, 4.69) is 50.4 Å². The second-order valence-corrected chi connectivity index (χ2v) is 9.11. The molecule has 176 valence electrons. The molecule has 0 radical (unpaired) electrons. The van der Waals surface area contributed by atoms with Crippen LogP contribution in [0.2, 0.25) is 0 Å². The van der Waals surface area contributed by atoms with Crippen LogP contribution < -0.4 is 19.8 Å². The van der Waals surface area contributed by atoms with Gasteiger partial charge in [-0.2, -0.15) is 5.10 Å². The molecule has 0 unspecified atom stereocenters. The Kier molecular flexibility index (Phi) is 7.85. The van der Waals surface area contributed by atoms with Crippen molar-refractivity contribution in [2.75, 3.05) is 25.1 Å². The molecule has 1 amide bonds. The molecular formula is C27H28BrN3O3. The van der Waals surface area contributed by atoms with Crippen LogP contribution in [0.4, 0.5) is 5.69 Å². The molecule has 1 aliphatic rings. The Hall–Kier alpha value is -3.32. The van der Waals surface area contributed by atoms with Gasteiger partial charge in [0.05, 0.1) is 17.8 Å². The summed E-state index contributed by atoms with van der Waals surface area (Å²) in [6, 6.07) is 19.5. The maximum absolute atomic E-state index is 12.5. The van der Waals surface area contributed by atoms with Crippen molar-refractivity contribution in [2.24, 2.45) is 5.10 Å². The van der Waals surface area contributed by atoms with Crippen LogP contribution in [0.1, 0.15) is 39.9 Å². The zero-order valence-corrected chi connectivity index (χ0v) is 21.0. The minimum Gasteiger partial charge on any atom is -0.493 e. The van der Waals surface area contributed by atoms with Gasteiger partial charge in [-0.15, -0.1) is 0 Å². The number of carbonyl (C=O) groups excluding carboxylic acids is 1. The molecule has 0 aliphatic carbocycles. The summed E-state index contributed by atoms with van der Waals surface area (Å²) in [5.41, 5.74) is 7.33. The number of benzene rings is 3. The molecule has 1 heterocycles. The highest BCUT2D eigenvalue weighted by atomic mass is 79.9. The highest BCUT2D eigenvalue weighted by Crippen LogP contribution is 2.37. The number of rotatable bonds is 8. The fourth-order valence-corrected chi connectivity index (χ4v) is 4.51. The minimum absolute atomic E-state index is 0.256. The number of ether oxygens (including phenoxy) is 2. The summed E-state index contributed by atoms with van der Waals surface area (Å²) in [5.74, 6) is 0.934. The van der Waals surface area contributed by atoms with Gasteiger partial charge in [0, 0.05) is 24.3 Å². The number of carbonyl (C=O) groups is 1. The van der Waals surface area contributed by atoms with Crippen molar-refractivity contribution in [1.82, 2.24) is 5.43 Å². The topological polar surface area (TPSA) is 63.2 Å². The standard InChI is InChI=1S/C27H28BrN3O3/c1-19-6-5-7-20(14-19)18-34-26-24(28)15-21(16-25(26)33-2)17-29-30-27(32)22-8-10-23(11-9-22)31-12-3-4-13-31/h5-11,14-17H,3-4,12-13,18H2,1-2H3,(H,30,32)/b29-17-. The molecule has 3 aromatic carbocycles. The summed E-state index contributed by atoms with van der Waals surface area (Å²) >= 11 is 3.56. The van der Waals surface area contributed by atoms with E-state index in [4.69, 9.17) is 9.47 Å². The van der Waals surface area contributed by atoms with Crippen molar-refractivity contribution in [1.29, 1.82) is 0 Å². The molecule has 1 N–H and O–H groups in total. The van der Waals surface area contributed by atoms with Crippen molar-refractivity contribution < 1.29 is 14.3 Å². The number of hydrogen-bond donors (Lipinski definition) is 1. The van der Waals surface area contributed by atoms with Gasteiger partial charge in [0.15, 0.2) is 11.5 Å². The van der Waals surface area contributed by atoms with Crippen LogP contribution in [-0.2, 0) is 6.61 Å². The van der Waals surface area contributed by atoms with Crippen LogP contribution in [0, 0.1) is 6.92 Å². The summed E-state index contributed by atoms with van der Waals surface area (Å²) in [7, 11) is 1.59. The van der Waals surface area contributed by atoms with Crippen molar-refractivity contribution in [2.45, 2.75) is 26.4 Å². The fourth-order valence-electron chi connectivity index (χ4n) is 3.94. The van der Waals surface area contributed by atoms with E-state index in [0.29, 0.717) is 23.7 Å². The van der Waals surface area contributed by atoms with Gasteiger partial charge in [-0.1, -0.05) is 29.8 Å². The summed E-state index contributed by atoms with van der Waals surface area (Å²) in [5, 5.41) is 4.12. The quantitative estimate of drug-likeness (QED) is 0.304. The lowest BCUT2D eigenvalue weighted by Crippen LogP contribution is -2.19. The number of hydrazone groups is 1. The van der Waals surface area contributed by atoms with E-state index in [0.717, 1.165) is 34.4 Å². The number of hydrogen-bond acceptors (Lipinski definition) is 5. The summed E-state index contributed by atoms with van der Waals surface area (Å²) in [6.45, 7) is 4.63. The first-order valence-electron chi connectivity index (χ1n) is 11.3. The number of halogens is 1. The highest BCUT2D eigenvalue weighted by molar-refractivity contribution is 9.10. The van der Waals surface area contributed by atoms with Gasteiger partial charge in [0.2, 0.25) is 0 Å². The number of aryl methyl sites for hydroxylation is 1. The van der Waals surface area contributed by atoms with E-state index < -0.39 is 0 Å². The Bertz CT molecular complexity index is 1170. The third kappa shape index (κ3) is 5.97. The molecule has 4 rings (SSSR count). The number of amides is 1. The average molecular weight is 522 g/mol. The molecule has 1 saturated heterocycles. The Morgan fingerprint density at radius 3 is 2.59 bits per heavy atom. The van der Waals surface area contributed by atoms with Crippen LogP contribution >= 0.6 is 15.9 Å². The molecule has 7 heteroatoms. The van der Waals surface area contributed by atoms with E-state index in [1.54, 1.807) is 13.3 Å². The molecule has 34 heavy (non-hydrogen) atoms. The molecule has 0 saturated carbocycles. The van der Waals surface area contributed by atoms with E-state index >= 15 is 0 Å². The first kappa shape index (κ1) is 23.8. The monoisotopic (exact) mass is 521 g/mol. The van der Waals surface area contributed by atoms with Crippen LogP contribution in [0.15, 0.2) is 70.2 Å². The van der Waals surface area contributed by atoms with Crippen LogP contribution in [0.25, 0.3) is 0 Å². The van der Waals surface area contributed by atoms with Gasteiger partial charge in [0.1, 0.15) is 6.61 Å². The van der Waals surface area contributed by atoms with E-state index in [1.165, 1.54) is 18.4 Å². The van der Waals surface area contributed by atoms with Gasteiger partial charge < -0.3 is 14.4 Å². The molecule has 0 bridgehead atoms. The first-order valence-corrected chi connectivity index (χ1v) is 12.1. The fraction of sp³-hybridized carbons (Fsp3) is 0.259. The molecule has 6 nitrogen and oxygen atoms in total. The van der Waals surface area contributed by atoms with Crippen LogP contribution in [-0.4, -0.2) is 32.3 Å². The molecule has 1 fully saturated rings. The normalized spacial score (nSPS) is 13.3. The maximum Gasteiger partial charge on any atom is 0.271 e. The van der Waals surface area contributed by atoms with E-state index in [1.807, 2.05) is 48.5 Å². The van der Waals surface area contributed by atoms with Gasteiger partial charge >= 0.3 is 0 Å². The second-order valence-electron chi connectivity index (χ2n) is 8.25. The second kappa shape index (κ2) is 11.2. The summed E-state index contributed by atoms with van der Waals surface area (Å²) < 4.78 is 12.3. The van der Waals surface area contributed by atoms with Crippen molar-refractivity contribution in [3.05, 3.63) is 87.4 Å². The third-order valence-corrected chi connectivity index (χ3v) is 6.29. The molecule has 0 atom stereocenters. The van der Waals surface area contributed by atoms with Crippen molar-refractivity contribution in [3.8, 4) is 11.5 Å². The van der Waals surface area contributed by atoms with Crippen LogP contribution in [0.3, 0.4) is 0 Å². The van der Waals surface area contributed by atoms with Crippen LogP contribution in [0.5, 0.6) is 11.5 Å². The molecule has 0 aromatic heterocycles. The Morgan fingerprint density at radius 1 is 1.12 bits per heavy atom. The average Bonchev–Trinajstić information content (AvgIpc) is 3.38. The Balaban J connectivity index is 1.38. The summed E-state index contributed by atoms with van der Waals surface area (Å²) in [4.78, 5) is 14.8. The van der Waals surface area contributed by atoms with Gasteiger partial charge in [-0.25, -0.2) is 5.43 Å². The number of anilines is 1. The zero-order valence-electron chi connectivity index (χ0n) is 19.4. The number of nitrogens with zero attached hydrogens (tertiary/aromatic N) is 2. The molecule has 1 aliphatic heterocycles. The molecule has 0 spiro atoms. The highest BCUT2D eigenvalue weighted by Gasteiger charge is 2.14. The predicted octanol–water partition coefficient (Wildman–Crippen LogP) is 5.71. The largest absolute Gasteiger partial charge is 0.493 e. The van der Waals surface area contributed by atoms with Gasteiger partial charge in [0.25, 0.3) is 5.91 Å². The number of nitrogens with one attached hydrogen (secondary N) is 1. The summed E-state index contributed by atoms with van der Waals surface area (Å²) in [6.07, 6.45) is 4.02. The number of methoxy groups -OCH3 is 1. The lowest BCUT2D eigenvalue weighted by atomic mass is 10.1. The molecular weight excluding hydrogens is 494 g/mol. The predicted molar refractivity (Wildman–Crippen MR) is 139 cm³/mol. The SMILES string of the molecule is COc1cc(/C=N\NC(=O)c2ccc(N3CCCC3)cc2)cc(Br)c1OCc1cccc(C)c1. The zero-order chi connectivity index (χ0) is 23.9. The van der Waals surface area contributed by atoms with E-state index in [9.17, 15) is 4.79 Å². The Labute approximate surface area is 208 Å². The first-order chi connectivity index (χ1) is 16.5. The lowest BCUT2D eigenvalue weighted by Gasteiger charge is -2.17. The van der Waals surface area contributed by atoms with Gasteiger partial charge in [-0.05, 0) is 83.2 Å².